The number of ketones is 1. The van der Waals surface area contributed by atoms with Crippen molar-refractivity contribution in [3.05, 3.63) is 59.7 Å². The van der Waals surface area contributed by atoms with E-state index in [1.165, 1.54) is 35.5 Å². The van der Waals surface area contributed by atoms with Crippen molar-refractivity contribution in [2.24, 2.45) is 0 Å². The average Bonchev–Trinajstić information content (AvgIpc) is 2.59. The fourth-order valence-electron chi connectivity index (χ4n) is 2.35. The minimum absolute atomic E-state index is 0.0940. The van der Waals surface area contributed by atoms with Gasteiger partial charge < -0.3 is 4.74 Å². The molecule has 0 radical (unpaired) electrons. The number of carbonyl (C=O) groups excluding carboxylic acids is 1. The number of methoxy groups -OCH3 is 1. The third-order valence-corrected chi connectivity index (χ3v) is 5.73. The maximum Gasteiger partial charge on any atom is 0.242 e. The molecule has 0 N–H and O–H groups in total. The lowest BCUT2D eigenvalue weighted by atomic mass is 10.1. The van der Waals surface area contributed by atoms with E-state index in [0.717, 1.165) is 11.3 Å². The molecule has 0 saturated heterocycles. The summed E-state index contributed by atoms with van der Waals surface area (Å²) in [7, 11) is -0.452. The van der Waals surface area contributed by atoms with E-state index in [0.29, 0.717) is 18.5 Å². The van der Waals surface area contributed by atoms with Crippen LogP contribution in [-0.2, 0) is 16.4 Å². The van der Waals surface area contributed by atoms with Crippen molar-refractivity contribution in [2.75, 3.05) is 20.7 Å². The minimum Gasteiger partial charge on any atom is -0.496 e. The first-order valence-corrected chi connectivity index (χ1v) is 8.99. The molecule has 5 nitrogen and oxygen atoms in total. The predicted octanol–water partition coefficient (Wildman–Crippen LogP) is 2.76. The summed E-state index contributed by atoms with van der Waals surface area (Å²) in [4.78, 5) is 11.5. The summed E-state index contributed by atoms with van der Waals surface area (Å²) in [5.41, 5.74) is 1.44. The molecule has 0 saturated carbocycles. The molecule has 0 amide bonds. The van der Waals surface area contributed by atoms with E-state index in [4.69, 9.17) is 4.74 Å². The number of sulfonamides is 1. The first-order chi connectivity index (χ1) is 11.4. The molecule has 0 bridgehead atoms. The first kappa shape index (κ1) is 18.2. The zero-order valence-corrected chi connectivity index (χ0v) is 14.8. The van der Waals surface area contributed by atoms with Crippen LogP contribution in [0.25, 0.3) is 0 Å². The molecule has 2 rings (SSSR count). The number of likely N-dealkylation sites (N-methyl/N-ethyl adjacent to an activating group) is 1. The van der Waals surface area contributed by atoms with E-state index in [2.05, 4.69) is 0 Å². The van der Waals surface area contributed by atoms with Crippen LogP contribution in [0.5, 0.6) is 5.75 Å². The number of ether oxygens (including phenoxy) is 1. The van der Waals surface area contributed by atoms with Crippen LogP contribution in [0.1, 0.15) is 22.8 Å². The molecule has 0 aliphatic carbocycles. The van der Waals surface area contributed by atoms with Gasteiger partial charge in [0.25, 0.3) is 0 Å². The number of nitrogens with zero attached hydrogens (tertiary/aromatic N) is 1. The first-order valence-electron chi connectivity index (χ1n) is 7.55. The fraction of sp³-hybridized carbons (Fsp3) is 0.278. The minimum atomic E-state index is -3.59. The normalized spacial score (nSPS) is 11.5. The van der Waals surface area contributed by atoms with Gasteiger partial charge in [-0.25, -0.2) is 12.7 Å². The van der Waals surface area contributed by atoms with Crippen LogP contribution < -0.4 is 4.74 Å². The number of hydrogen-bond acceptors (Lipinski definition) is 4. The van der Waals surface area contributed by atoms with Gasteiger partial charge >= 0.3 is 0 Å². The van der Waals surface area contributed by atoms with Crippen molar-refractivity contribution < 1.29 is 17.9 Å². The molecule has 0 aromatic heterocycles. The molecular weight excluding hydrogens is 326 g/mol. The van der Waals surface area contributed by atoms with E-state index in [9.17, 15) is 13.2 Å². The lowest BCUT2D eigenvalue weighted by molar-refractivity contribution is 0.101. The predicted molar refractivity (Wildman–Crippen MR) is 93.0 cm³/mol. The molecule has 128 valence electrons. The maximum atomic E-state index is 12.6. The number of Topliss-reactive ketones (excluding diaryl/α,β-unsaturated/α-hetero) is 1. The summed E-state index contributed by atoms with van der Waals surface area (Å²) >= 11 is 0. The van der Waals surface area contributed by atoms with Gasteiger partial charge in [0, 0.05) is 19.2 Å². The molecule has 0 aliphatic heterocycles. The van der Waals surface area contributed by atoms with E-state index in [-0.39, 0.29) is 10.7 Å². The van der Waals surface area contributed by atoms with Gasteiger partial charge in [0.15, 0.2) is 5.78 Å². The summed E-state index contributed by atoms with van der Waals surface area (Å²) < 4.78 is 31.8. The fourth-order valence-corrected chi connectivity index (χ4v) is 3.52. The van der Waals surface area contributed by atoms with Crippen LogP contribution in [0.3, 0.4) is 0 Å². The van der Waals surface area contributed by atoms with Gasteiger partial charge in [-0.15, -0.1) is 0 Å². The van der Waals surface area contributed by atoms with Crippen molar-refractivity contribution in [1.29, 1.82) is 0 Å². The largest absolute Gasteiger partial charge is 0.496 e. The number of hydrogen-bond donors (Lipinski definition) is 0. The summed E-state index contributed by atoms with van der Waals surface area (Å²) in [6.45, 7) is 1.78. The topological polar surface area (TPSA) is 63.7 Å². The van der Waals surface area contributed by atoms with E-state index in [1.54, 1.807) is 14.2 Å². The Morgan fingerprint density at radius 3 is 2.29 bits per heavy atom. The molecule has 0 unspecified atom stereocenters. The highest BCUT2D eigenvalue weighted by molar-refractivity contribution is 7.89. The van der Waals surface area contributed by atoms with Crippen LogP contribution in [0, 0.1) is 0 Å². The highest BCUT2D eigenvalue weighted by atomic mass is 32.2. The van der Waals surface area contributed by atoms with Gasteiger partial charge in [-0.05, 0) is 37.1 Å². The van der Waals surface area contributed by atoms with Crippen molar-refractivity contribution in [2.45, 2.75) is 18.2 Å². The Kier molecular flexibility index (Phi) is 5.75. The molecular formula is C18H21NO4S. The SMILES string of the molecule is COc1ccccc1CCN(C)S(=O)(=O)c1ccc(C(C)=O)cc1. The number of rotatable bonds is 7. The van der Waals surface area contributed by atoms with Crippen LogP contribution in [-0.4, -0.2) is 39.2 Å². The Bertz CT molecular complexity index is 813. The zero-order valence-electron chi connectivity index (χ0n) is 14.0. The number of carbonyl (C=O) groups is 1. The van der Waals surface area contributed by atoms with Crippen molar-refractivity contribution in [3.63, 3.8) is 0 Å². The maximum absolute atomic E-state index is 12.6. The quantitative estimate of drug-likeness (QED) is 0.723. The van der Waals surface area contributed by atoms with Crippen LogP contribution in [0.2, 0.25) is 0 Å². The highest BCUT2D eigenvalue weighted by Crippen LogP contribution is 2.20. The third kappa shape index (κ3) is 4.01. The number of benzene rings is 2. The van der Waals surface area contributed by atoms with Crippen LogP contribution in [0.15, 0.2) is 53.4 Å². The highest BCUT2D eigenvalue weighted by Gasteiger charge is 2.21. The smallest absolute Gasteiger partial charge is 0.242 e. The van der Waals surface area contributed by atoms with Crippen molar-refractivity contribution in [1.82, 2.24) is 4.31 Å². The molecule has 24 heavy (non-hydrogen) atoms. The Morgan fingerprint density at radius 1 is 1.08 bits per heavy atom. The molecule has 0 spiro atoms. The monoisotopic (exact) mass is 347 g/mol. The summed E-state index contributed by atoms with van der Waals surface area (Å²) in [5, 5.41) is 0. The standard InChI is InChI=1S/C18H21NO4S/c1-14(20)15-8-10-17(11-9-15)24(21,22)19(2)13-12-16-6-4-5-7-18(16)23-3/h4-11H,12-13H2,1-3H3. The molecule has 2 aromatic rings. The second-order valence-corrected chi connectivity index (χ2v) is 7.51. The molecule has 0 heterocycles. The van der Waals surface area contributed by atoms with E-state index in [1.807, 2.05) is 24.3 Å². The van der Waals surface area contributed by atoms with Gasteiger partial charge in [0.2, 0.25) is 10.0 Å². The van der Waals surface area contributed by atoms with Crippen LogP contribution in [0.4, 0.5) is 0 Å². The summed E-state index contributed by atoms with van der Waals surface area (Å²) in [5.74, 6) is 0.651. The average molecular weight is 347 g/mol. The molecule has 2 aromatic carbocycles. The second kappa shape index (κ2) is 7.59. The van der Waals surface area contributed by atoms with Gasteiger partial charge in [0.1, 0.15) is 5.75 Å². The van der Waals surface area contributed by atoms with Gasteiger partial charge in [-0.1, -0.05) is 30.3 Å². The molecule has 0 atom stereocenters. The summed E-state index contributed by atoms with van der Waals surface area (Å²) in [6, 6.07) is 13.5. The number of para-hydroxylation sites is 1. The van der Waals surface area contributed by atoms with E-state index >= 15 is 0 Å². The Balaban J connectivity index is 2.12. The van der Waals surface area contributed by atoms with Crippen LogP contribution >= 0.6 is 0 Å². The third-order valence-electron chi connectivity index (χ3n) is 3.86. The molecule has 6 heteroatoms. The van der Waals surface area contributed by atoms with Gasteiger partial charge in [0.05, 0.1) is 12.0 Å². The van der Waals surface area contributed by atoms with Gasteiger partial charge in [-0.3, -0.25) is 4.79 Å². The Morgan fingerprint density at radius 2 is 1.71 bits per heavy atom. The Labute approximate surface area is 142 Å². The lowest BCUT2D eigenvalue weighted by Crippen LogP contribution is -2.29. The zero-order chi connectivity index (χ0) is 17.7. The van der Waals surface area contributed by atoms with Gasteiger partial charge in [-0.2, -0.15) is 0 Å². The molecule has 0 fully saturated rings. The van der Waals surface area contributed by atoms with Crippen molar-refractivity contribution >= 4 is 15.8 Å². The van der Waals surface area contributed by atoms with Crippen molar-refractivity contribution in [3.8, 4) is 5.75 Å². The molecule has 0 aliphatic rings. The Hall–Kier alpha value is -2.18. The lowest BCUT2D eigenvalue weighted by Gasteiger charge is -2.18. The second-order valence-electron chi connectivity index (χ2n) is 5.47. The summed E-state index contributed by atoms with van der Waals surface area (Å²) in [6.07, 6.45) is 0.547. The van der Waals surface area contributed by atoms with E-state index < -0.39 is 10.0 Å².